The van der Waals surface area contributed by atoms with E-state index in [1.807, 2.05) is 31.0 Å². The molecule has 1 atom stereocenters. The van der Waals surface area contributed by atoms with Gasteiger partial charge in [0, 0.05) is 13.2 Å². The molecule has 1 N–H and O–H groups in total. The highest BCUT2D eigenvalue weighted by atomic mass is 15.3. The van der Waals surface area contributed by atoms with Gasteiger partial charge in [0.25, 0.3) is 0 Å². The van der Waals surface area contributed by atoms with E-state index in [9.17, 15) is 0 Å². The highest BCUT2D eigenvalue weighted by Crippen LogP contribution is 2.19. The van der Waals surface area contributed by atoms with E-state index in [0.717, 1.165) is 18.5 Å². The Morgan fingerprint density at radius 3 is 2.86 bits per heavy atom. The Bertz CT molecular complexity index is 301. The molecule has 0 radical (unpaired) electrons. The number of hydrogen-bond donors (Lipinski definition) is 1. The third-order valence-electron chi connectivity index (χ3n) is 2.43. The van der Waals surface area contributed by atoms with Gasteiger partial charge in [-0.2, -0.15) is 5.10 Å². The van der Waals surface area contributed by atoms with Crippen molar-refractivity contribution in [3.63, 3.8) is 0 Å². The molecule has 0 saturated carbocycles. The van der Waals surface area contributed by atoms with Crippen LogP contribution in [0, 0.1) is 0 Å². The van der Waals surface area contributed by atoms with Crippen LogP contribution in [0.25, 0.3) is 0 Å². The van der Waals surface area contributed by atoms with Crippen molar-refractivity contribution in [2.75, 3.05) is 7.05 Å². The zero-order chi connectivity index (χ0) is 10.6. The maximum Gasteiger partial charge on any atom is 0.0797 e. The van der Waals surface area contributed by atoms with Gasteiger partial charge in [-0.05, 0) is 26.0 Å². The summed E-state index contributed by atoms with van der Waals surface area (Å²) in [6.45, 7) is 6.15. The topological polar surface area (TPSA) is 29.9 Å². The Balaban J connectivity index is 2.67. The van der Waals surface area contributed by atoms with E-state index in [2.05, 4.69) is 23.9 Å². The molecule has 1 unspecified atom stereocenters. The highest BCUT2D eigenvalue weighted by molar-refractivity contribution is 5.10. The first-order valence-corrected chi connectivity index (χ1v) is 5.00. The standard InChI is InChI=1S/C11H19N3/c1-5-9(2)8-11(12-3)10-6-7-14(4)13-10/h6-7,11-12H,2,5,8H2,1,3-4H3. The van der Waals surface area contributed by atoms with Crippen molar-refractivity contribution in [3.8, 4) is 0 Å². The first-order valence-electron chi connectivity index (χ1n) is 5.00. The summed E-state index contributed by atoms with van der Waals surface area (Å²) >= 11 is 0. The second-order valence-electron chi connectivity index (χ2n) is 3.56. The molecule has 78 valence electrons. The minimum absolute atomic E-state index is 0.295. The van der Waals surface area contributed by atoms with Crippen molar-refractivity contribution in [2.24, 2.45) is 7.05 Å². The van der Waals surface area contributed by atoms with Crippen molar-refractivity contribution in [2.45, 2.75) is 25.8 Å². The summed E-state index contributed by atoms with van der Waals surface area (Å²) in [4.78, 5) is 0. The van der Waals surface area contributed by atoms with Crippen LogP contribution in [0.1, 0.15) is 31.5 Å². The quantitative estimate of drug-likeness (QED) is 0.725. The Kier molecular flexibility index (Phi) is 3.89. The van der Waals surface area contributed by atoms with E-state index in [1.165, 1.54) is 5.57 Å². The van der Waals surface area contributed by atoms with Gasteiger partial charge in [0.05, 0.1) is 11.7 Å². The average Bonchev–Trinajstić information content (AvgIpc) is 2.60. The van der Waals surface area contributed by atoms with E-state index in [-0.39, 0.29) is 0 Å². The molecule has 0 spiro atoms. The molecule has 0 aliphatic heterocycles. The lowest BCUT2D eigenvalue weighted by atomic mass is 10.0. The lowest BCUT2D eigenvalue weighted by Crippen LogP contribution is -2.17. The first-order chi connectivity index (χ1) is 6.67. The number of hydrogen-bond acceptors (Lipinski definition) is 2. The molecular weight excluding hydrogens is 174 g/mol. The lowest BCUT2D eigenvalue weighted by Gasteiger charge is -2.14. The average molecular weight is 193 g/mol. The molecular formula is C11H19N3. The molecule has 0 aliphatic carbocycles. The maximum absolute atomic E-state index is 4.38. The SMILES string of the molecule is C=C(CC)CC(NC)c1ccn(C)n1. The molecule has 1 aromatic rings. The summed E-state index contributed by atoms with van der Waals surface area (Å²) in [5.41, 5.74) is 2.35. The largest absolute Gasteiger partial charge is 0.311 e. The van der Waals surface area contributed by atoms with Gasteiger partial charge in [-0.15, -0.1) is 0 Å². The monoisotopic (exact) mass is 193 g/mol. The van der Waals surface area contributed by atoms with Crippen LogP contribution in [0.2, 0.25) is 0 Å². The van der Waals surface area contributed by atoms with Gasteiger partial charge in [0.1, 0.15) is 0 Å². The predicted molar refractivity (Wildman–Crippen MR) is 59.1 cm³/mol. The number of nitrogens with one attached hydrogen (secondary N) is 1. The second-order valence-corrected chi connectivity index (χ2v) is 3.56. The molecule has 1 aromatic heterocycles. The molecule has 0 bridgehead atoms. The molecule has 1 rings (SSSR count). The van der Waals surface area contributed by atoms with Crippen LogP contribution in [0.3, 0.4) is 0 Å². The van der Waals surface area contributed by atoms with Crippen LogP contribution in [0.4, 0.5) is 0 Å². The molecule has 14 heavy (non-hydrogen) atoms. The Hall–Kier alpha value is -1.09. The van der Waals surface area contributed by atoms with E-state index in [0.29, 0.717) is 6.04 Å². The first kappa shape index (κ1) is 11.0. The van der Waals surface area contributed by atoms with Gasteiger partial charge in [0.15, 0.2) is 0 Å². The van der Waals surface area contributed by atoms with Crippen LogP contribution < -0.4 is 5.32 Å². The molecule has 0 fully saturated rings. The zero-order valence-electron chi connectivity index (χ0n) is 9.25. The number of rotatable bonds is 5. The number of nitrogens with zero attached hydrogens (tertiary/aromatic N) is 2. The normalized spacial score (nSPS) is 12.8. The van der Waals surface area contributed by atoms with Crippen molar-refractivity contribution in [1.82, 2.24) is 15.1 Å². The summed E-state index contributed by atoms with van der Waals surface area (Å²) in [6.07, 6.45) is 3.96. The minimum atomic E-state index is 0.295. The van der Waals surface area contributed by atoms with Gasteiger partial charge in [-0.3, -0.25) is 4.68 Å². The summed E-state index contributed by atoms with van der Waals surface area (Å²) in [5.74, 6) is 0. The van der Waals surface area contributed by atoms with Crippen molar-refractivity contribution >= 4 is 0 Å². The zero-order valence-corrected chi connectivity index (χ0v) is 9.25. The highest BCUT2D eigenvalue weighted by Gasteiger charge is 2.12. The Morgan fingerprint density at radius 2 is 2.43 bits per heavy atom. The summed E-state index contributed by atoms with van der Waals surface area (Å²) in [5, 5.41) is 7.64. The van der Waals surface area contributed by atoms with E-state index in [4.69, 9.17) is 0 Å². The number of aryl methyl sites for hydroxylation is 1. The van der Waals surface area contributed by atoms with Crippen LogP contribution in [-0.4, -0.2) is 16.8 Å². The fourth-order valence-electron chi connectivity index (χ4n) is 1.41. The fourth-order valence-corrected chi connectivity index (χ4v) is 1.41. The van der Waals surface area contributed by atoms with E-state index >= 15 is 0 Å². The summed E-state index contributed by atoms with van der Waals surface area (Å²) < 4.78 is 1.83. The van der Waals surface area contributed by atoms with Gasteiger partial charge >= 0.3 is 0 Å². The molecule has 0 saturated heterocycles. The van der Waals surface area contributed by atoms with E-state index < -0.39 is 0 Å². The molecule has 0 amide bonds. The molecule has 0 aliphatic rings. The molecule has 0 aromatic carbocycles. The van der Waals surface area contributed by atoms with Crippen molar-refractivity contribution in [3.05, 3.63) is 30.1 Å². The maximum atomic E-state index is 4.38. The Morgan fingerprint density at radius 1 is 1.71 bits per heavy atom. The van der Waals surface area contributed by atoms with Gasteiger partial charge in [-0.25, -0.2) is 0 Å². The third-order valence-corrected chi connectivity index (χ3v) is 2.43. The van der Waals surface area contributed by atoms with Crippen LogP contribution in [0.5, 0.6) is 0 Å². The smallest absolute Gasteiger partial charge is 0.0797 e. The molecule has 3 nitrogen and oxygen atoms in total. The minimum Gasteiger partial charge on any atom is -0.311 e. The summed E-state index contributed by atoms with van der Waals surface area (Å²) in [7, 11) is 3.90. The van der Waals surface area contributed by atoms with Gasteiger partial charge in [-0.1, -0.05) is 19.1 Å². The van der Waals surface area contributed by atoms with Crippen molar-refractivity contribution in [1.29, 1.82) is 0 Å². The number of aromatic nitrogens is 2. The molecule has 1 heterocycles. The second kappa shape index (κ2) is 4.96. The summed E-state index contributed by atoms with van der Waals surface area (Å²) in [6, 6.07) is 2.34. The van der Waals surface area contributed by atoms with Crippen LogP contribution >= 0.6 is 0 Å². The van der Waals surface area contributed by atoms with E-state index in [1.54, 1.807) is 0 Å². The lowest BCUT2D eigenvalue weighted by molar-refractivity contribution is 0.555. The van der Waals surface area contributed by atoms with Crippen LogP contribution in [-0.2, 0) is 7.05 Å². The predicted octanol–water partition coefficient (Wildman–Crippen LogP) is 2.04. The Labute approximate surface area is 85.8 Å². The third kappa shape index (κ3) is 2.70. The molecule has 3 heteroatoms. The van der Waals surface area contributed by atoms with Crippen LogP contribution in [0.15, 0.2) is 24.4 Å². The fraction of sp³-hybridized carbons (Fsp3) is 0.545. The van der Waals surface area contributed by atoms with Gasteiger partial charge in [0.2, 0.25) is 0 Å². The van der Waals surface area contributed by atoms with Gasteiger partial charge < -0.3 is 5.32 Å². The van der Waals surface area contributed by atoms with Crippen molar-refractivity contribution < 1.29 is 0 Å².